The van der Waals surface area contributed by atoms with Crippen LogP contribution in [0.15, 0.2) is 24.3 Å². The molecule has 110 valence electrons. The van der Waals surface area contributed by atoms with Crippen molar-refractivity contribution in [3.63, 3.8) is 0 Å². The Morgan fingerprint density at radius 2 is 2.05 bits per heavy atom. The Bertz CT molecular complexity index is 478. The predicted octanol–water partition coefficient (Wildman–Crippen LogP) is 2.27. The molecule has 0 radical (unpaired) electrons. The van der Waals surface area contributed by atoms with E-state index in [0.717, 1.165) is 25.9 Å². The van der Waals surface area contributed by atoms with Crippen molar-refractivity contribution in [1.82, 2.24) is 4.90 Å². The molecule has 1 aromatic carbocycles. The molecule has 0 aromatic heterocycles. The van der Waals surface area contributed by atoms with E-state index in [1.54, 1.807) is 0 Å². The number of carbonyl (C=O) groups excluding carboxylic acids is 1. The van der Waals surface area contributed by atoms with Crippen molar-refractivity contribution in [2.75, 3.05) is 20.1 Å². The molecule has 1 aromatic rings. The highest BCUT2D eigenvalue weighted by Gasteiger charge is 2.21. The number of benzene rings is 1. The topological polar surface area (TPSA) is 72.7 Å². The zero-order valence-corrected chi connectivity index (χ0v) is 12.0. The van der Waals surface area contributed by atoms with Gasteiger partial charge < -0.3 is 9.64 Å². The molecule has 1 unspecified atom stereocenters. The molecule has 0 saturated carbocycles. The molecule has 7 heteroatoms. The molecule has 1 aliphatic rings. The molecule has 1 atom stereocenters. The lowest BCUT2D eigenvalue weighted by atomic mass is 10.1. The summed E-state index contributed by atoms with van der Waals surface area (Å²) in [5.41, 5.74) is 0.313. The summed E-state index contributed by atoms with van der Waals surface area (Å²) >= 11 is 0. The van der Waals surface area contributed by atoms with Gasteiger partial charge in [0.15, 0.2) is 0 Å². The van der Waals surface area contributed by atoms with Gasteiger partial charge in [-0.1, -0.05) is 0 Å². The van der Waals surface area contributed by atoms with Crippen LogP contribution in [0.4, 0.5) is 5.69 Å². The van der Waals surface area contributed by atoms with Gasteiger partial charge in [0.05, 0.1) is 10.5 Å². The zero-order chi connectivity index (χ0) is 13.8. The van der Waals surface area contributed by atoms with Crippen LogP contribution in [-0.2, 0) is 4.74 Å². The minimum atomic E-state index is -0.495. The quantitative estimate of drug-likeness (QED) is 0.486. The summed E-state index contributed by atoms with van der Waals surface area (Å²) in [5.74, 6) is -0.421. The summed E-state index contributed by atoms with van der Waals surface area (Å²) in [6.07, 6.45) is 1.78. The summed E-state index contributed by atoms with van der Waals surface area (Å²) in [6.45, 7) is 1.75. The summed E-state index contributed by atoms with van der Waals surface area (Å²) in [6, 6.07) is 5.47. The number of likely N-dealkylation sites (N-methyl/N-ethyl adjacent to an activating group) is 1. The second kappa shape index (κ2) is 7.21. The van der Waals surface area contributed by atoms with Crippen LogP contribution in [0.3, 0.4) is 0 Å². The minimum Gasteiger partial charge on any atom is -0.457 e. The molecule has 1 saturated heterocycles. The lowest BCUT2D eigenvalue weighted by molar-refractivity contribution is -0.384. The summed E-state index contributed by atoms with van der Waals surface area (Å²) in [4.78, 5) is 24.0. The van der Waals surface area contributed by atoms with Crippen molar-refractivity contribution in [3.8, 4) is 0 Å². The largest absolute Gasteiger partial charge is 0.457 e. The molecule has 0 spiro atoms. The predicted molar refractivity (Wildman–Crippen MR) is 76.3 cm³/mol. The van der Waals surface area contributed by atoms with Crippen LogP contribution in [0.1, 0.15) is 23.2 Å². The lowest BCUT2D eigenvalue weighted by Crippen LogP contribution is -2.38. The van der Waals surface area contributed by atoms with Gasteiger partial charge in [0, 0.05) is 18.7 Å². The van der Waals surface area contributed by atoms with Crippen LogP contribution in [0.5, 0.6) is 0 Å². The van der Waals surface area contributed by atoms with Crippen molar-refractivity contribution in [1.29, 1.82) is 0 Å². The van der Waals surface area contributed by atoms with Crippen LogP contribution in [-0.4, -0.2) is 42.0 Å². The van der Waals surface area contributed by atoms with Gasteiger partial charge in [-0.2, -0.15) is 0 Å². The third kappa shape index (κ3) is 4.18. The van der Waals surface area contributed by atoms with Gasteiger partial charge in [0.25, 0.3) is 5.69 Å². The fraction of sp³-hybridized carbons (Fsp3) is 0.462. The van der Waals surface area contributed by atoms with Gasteiger partial charge in [-0.3, -0.25) is 10.1 Å². The van der Waals surface area contributed by atoms with E-state index in [2.05, 4.69) is 4.90 Å². The first-order valence-electron chi connectivity index (χ1n) is 6.20. The molecule has 20 heavy (non-hydrogen) atoms. The fourth-order valence-corrected chi connectivity index (χ4v) is 2.15. The van der Waals surface area contributed by atoms with Crippen molar-refractivity contribution in [3.05, 3.63) is 39.9 Å². The van der Waals surface area contributed by atoms with Crippen molar-refractivity contribution in [2.45, 2.75) is 18.9 Å². The van der Waals surface area contributed by atoms with Crippen LogP contribution in [0, 0.1) is 10.1 Å². The van der Waals surface area contributed by atoms with Gasteiger partial charge in [0.1, 0.15) is 6.10 Å². The second-order valence-corrected chi connectivity index (χ2v) is 4.74. The Balaban J connectivity index is 0.00000200. The maximum atomic E-state index is 11.9. The number of carbonyl (C=O) groups is 1. The van der Waals surface area contributed by atoms with Crippen LogP contribution < -0.4 is 0 Å². The molecule has 1 fully saturated rings. The number of halogens is 1. The summed E-state index contributed by atoms with van der Waals surface area (Å²) in [5, 5.41) is 10.5. The van der Waals surface area contributed by atoms with Gasteiger partial charge in [0.2, 0.25) is 0 Å². The third-order valence-electron chi connectivity index (χ3n) is 3.17. The number of hydrogen-bond donors (Lipinski definition) is 0. The highest BCUT2D eigenvalue weighted by atomic mass is 35.5. The van der Waals surface area contributed by atoms with Crippen molar-refractivity contribution in [2.24, 2.45) is 0 Å². The third-order valence-corrected chi connectivity index (χ3v) is 3.17. The van der Waals surface area contributed by atoms with Crippen LogP contribution >= 0.6 is 12.4 Å². The average Bonchev–Trinajstić information content (AvgIpc) is 2.39. The highest BCUT2D eigenvalue weighted by molar-refractivity contribution is 5.89. The molecule has 1 heterocycles. The normalized spacial score (nSPS) is 18.9. The Morgan fingerprint density at radius 1 is 1.40 bits per heavy atom. The van der Waals surface area contributed by atoms with Crippen LogP contribution in [0.2, 0.25) is 0 Å². The Morgan fingerprint density at radius 3 is 2.60 bits per heavy atom. The standard InChI is InChI=1S/C13H16N2O4.ClH/c1-14-8-2-3-12(9-14)19-13(16)10-4-6-11(7-5-10)15(17)18;/h4-7,12H,2-3,8-9H2,1H3;1H. The molecular weight excluding hydrogens is 284 g/mol. The number of nitrogens with zero attached hydrogens (tertiary/aromatic N) is 2. The van der Waals surface area contributed by atoms with Crippen molar-refractivity contribution < 1.29 is 14.5 Å². The van der Waals surface area contributed by atoms with Crippen LogP contribution in [0.25, 0.3) is 0 Å². The maximum Gasteiger partial charge on any atom is 0.338 e. The highest BCUT2D eigenvalue weighted by Crippen LogP contribution is 2.16. The first-order chi connectivity index (χ1) is 9.06. The Kier molecular flexibility index (Phi) is 5.91. The fourth-order valence-electron chi connectivity index (χ4n) is 2.15. The number of ether oxygens (including phenoxy) is 1. The summed E-state index contributed by atoms with van der Waals surface area (Å²) < 4.78 is 5.40. The van der Waals surface area contributed by atoms with E-state index in [4.69, 9.17) is 4.74 Å². The maximum absolute atomic E-state index is 11.9. The lowest BCUT2D eigenvalue weighted by Gasteiger charge is -2.29. The first-order valence-corrected chi connectivity index (χ1v) is 6.20. The van der Waals surface area contributed by atoms with E-state index in [0.29, 0.717) is 5.56 Å². The van der Waals surface area contributed by atoms with Gasteiger partial charge >= 0.3 is 5.97 Å². The first kappa shape index (κ1) is 16.4. The molecule has 1 aliphatic heterocycles. The number of likely N-dealkylation sites (tertiary alicyclic amines) is 1. The molecular formula is C13H17ClN2O4. The number of esters is 1. The van der Waals surface area contributed by atoms with E-state index in [1.165, 1.54) is 24.3 Å². The van der Waals surface area contributed by atoms with Gasteiger partial charge in [-0.05, 0) is 38.6 Å². The number of rotatable bonds is 3. The van der Waals surface area contributed by atoms with Gasteiger partial charge in [-0.25, -0.2) is 4.79 Å². The SMILES string of the molecule is CN1CCCC(OC(=O)c2ccc([N+](=O)[O-])cc2)C1.Cl. The molecule has 2 rings (SSSR count). The van der Waals surface area contributed by atoms with Crippen molar-refractivity contribution >= 4 is 24.1 Å². The van der Waals surface area contributed by atoms with Gasteiger partial charge in [-0.15, -0.1) is 12.4 Å². The van der Waals surface area contributed by atoms with E-state index in [-0.39, 0.29) is 24.2 Å². The van der Waals surface area contributed by atoms with E-state index < -0.39 is 10.9 Å². The van der Waals surface area contributed by atoms with E-state index >= 15 is 0 Å². The Hall–Kier alpha value is -1.66. The number of piperidine rings is 1. The molecule has 0 N–H and O–H groups in total. The number of hydrogen-bond acceptors (Lipinski definition) is 5. The van der Waals surface area contributed by atoms with E-state index in [1.807, 2.05) is 7.05 Å². The number of non-ortho nitro benzene ring substituents is 1. The number of nitro groups is 1. The Labute approximate surface area is 123 Å². The molecule has 0 bridgehead atoms. The smallest absolute Gasteiger partial charge is 0.338 e. The molecule has 0 amide bonds. The average molecular weight is 301 g/mol. The monoisotopic (exact) mass is 300 g/mol. The molecule has 6 nitrogen and oxygen atoms in total. The number of nitro benzene ring substituents is 1. The second-order valence-electron chi connectivity index (χ2n) is 4.74. The molecule has 0 aliphatic carbocycles. The zero-order valence-electron chi connectivity index (χ0n) is 11.2. The summed E-state index contributed by atoms with van der Waals surface area (Å²) in [7, 11) is 1.99. The van der Waals surface area contributed by atoms with E-state index in [9.17, 15) is 14.9 Å². The minimum absolute atomic E-state index is 0.